The van der Waals surface area contributed by atoms with Gasteiger partial charge in [0.1, 0.15) is 11.4 Å². The number of nitrogens with one attached hydrogen (secondary N) is 1. The van der Waals surface area contributed by atoms with Crippen molar-refractivity contribution in [3.05, 3.63) is 53.1 Å². The zero-order valence-electron chi connectivity index (χ0n) is 12.4. The summed E-state index contributed by atoms with van der Waals surface area (Å²) >= 11 is 0. The van der Waals surface area contributed by atoms with Crippen molar-refractivity contribution in [1.82, 2.24) is 0 Å². The van der Waals surface area contributed by atoms with Crippen LogP contribution in [0.25, 0.3) is 0 Å². The van der Waals surface area contributed by atoms with Gasteiger partial charge in [0.2, 0.25) is 0 Å². The Morgan fingerprint density at radius 1 is 1.18 bits per heavy atom. The van der Waals surface area contributed by atoms with Gasteiger partial charge in [-0.15, -0.1) is 0 Å². The van der Waals surface area contributed by atoms with Crippen LogP contribution in [0.5, 0.6) is 5.75 Å². The van der Waals surface area contributed by atoms with E-state index < -0.39 is 28.9 Å². The van der Waals surface area contributed by atoms with E-state index in [1.165, 1.54) is 0 Å². The second kappa shape index (κ2) is 6.01. The average molecular weight is 306 g/mol. The number of carbonyl (C=O) groups excluding carboxylic acids is 1. The van der Waals surface area contributed by atoms with Gasteiger partial charge in [-0.25, -0.2) is 8.78 Å². The minimum Gasteiger partial charge on any atom is -0.505 e. The zero-order valence-corrected chi connectivity index (χ0v) is 12.4. The van der Waals surface area contributed by atoms with E-state index >= 15 is 0 Å². The molecule has 0 unspecified atom stereocenters. The molecule has 0 spiro atoms. The van der Waals surface area contributed by atoms with Crippen molar-refractivity contribution in [3.63, 3.8) is 0 Å². The molecule has 0 saturated heterocycles. The van der Waals surface area contributed by atoms with Gasteiger partial charge in [0.05, 0.1) is 0 Å². The van der Waals surface area contributed by atoms with Crippen molar-refractivity contribution in [2.75, 3.05) is 24.3 Å². The molecule has 2 N–H and O–H groups in total. The average Bonchev–Trinajstić information content (AvgIpc) is 2.45. The molecule has 6 heteroatoms. The third-order valence-corrected chi connectivity index (χ3v) is 3.33. The van der Waals surface area contributed by atoms with Gasteiger partial charge in [-0.05, 0) is 36.8 Å². The van der Waals surface area contributed by atoms with E-state index in [0.717, 1.165) is 23.4 Å². The molecule has 0 atom stereocenters. The normalized spacial score (nSPS) is 10.4. The maximum absolute atomic E-state index is 13.8. The second-order valence-corrected chi connectivity index (χ2v) is 5.05. The van der Waals surface area contributed by atoms with Crippen molar-refractivity contribution in [2.24, 2.45) is 0 Å². The molecule has 116 valence electrons. The summed E-state index contributed by atoms with van der Waals surface area (Å²) in [5.41, 5.74) is 1.27. The molecule has 22 heavy (non-hydrogen) atoms. The lowest BCUT2D eigenvalue weighted by atomic mass is 10.1. The molecule has 2 rings (SSSR count). The van der Waals surface area contributed by atoms with Crippen molar-refractivity contribution in [1.29, 1.82) is 0 Å². The Bertz CT molecular complexity index is 730. The predicted octanol–water partition coefficient (Wildman–Crippen LogP) is 3.30. The Morgan fingerprint density at radius 3 is 2.50 bits per heavy atom. The fraction of sp³-hybridized carbons (Fsp3) is 0.188. The number of hydrogen-bond acceptors (Lipinski definition) is 3. The molecule has 0 aliphatic rings. The highest BCUT2D eigenvalue weighted by Crippen LogP contribution is 2.27. The highest BCUT2D eigenvalue weighted by atomic mass is 19.1. The number of halogens is 2. The van der Waals surface area contributed by atoms with E-state index in [9.17, 15) is 18.7 Å². The van der Waals surface area contributed by atoms with Gasteiger partial charge >= 0.3 is 0 Å². The number of carbonyl (C=O) groups is 1. The Kier molecular flexibility index (Phi) is 4.30. The molecular weight excluding hydrogens is 290 g/mol. The first kappa shape index (κ1) is 15.8. The summed E-state index contributed by atoms with van der Waals surface area (Å²) in [5.74, 6) is -4.04. The van der Waals surface area contributed by atoms with Crippen molar-refractivity contribution >= 4 is 17.3 Å². The van der Waals surface area contributed by atoms with Crippen LogP contribution in [0.2, 0.25) is 0 Å². The molecule has 0 bridgehead atoms. The standard InChI is InChI=1S/C16H16F2N2O2/c1-9-11(5-4-6-12(9)20(2)3)19-16(22)14-10(17)7-8-13(21)15(14)18/h4-8,21H,1-3H3,(H,19,22). The number of rotatable bonds is 3. The fourth-order valence-corrected chi connectivity index (χ4v) is 2.18. The molecule has 0 heterocycles. The molecule has 1 amide bonds. The molecule has 2 aromatic carbocycles. The molecule has 0 radical (unpaired) electrons. The largest absolute Gasteiger partial charge is 0.505 e. The molecular formula is C16H16F2N2O2. The molecule has 0 fully saturated rings. The maximum atomic E-state index is 13.8. The molecule has 0 aliphatic carbocycles. The monoisotopic (exact) mass is 306 g/mol. The Hall–Kier alpha value is -2.63. The Morgan fingerprint density at radius 2 is 1.86 bits per heavy atom. The van der Waals surface area contributed by atoms with E-state index in [-0.39, 0.29) is 0 Å². The number of nitrogens with zero attached hydrogens (tertiary/aromatic N) is 1. The number of phenols is 1. The minimum absolute atomic E-state index is 0.443. The highest BCUT2D eigenvalue weighted by molar-refractivity contribution is 6.05. The number of anilines is 2. The summed E-state index contributed by atoms with van der Waals surface area (Å²) in [4.78, 5) is 14.0. The van der Waals surface area contributed by atoms with Gasteiger partial charge in [-0.3, -0.25) is 4.79 Å². The first-order chi connectivity index (χ1) is 10.3. The van der Waals surface area contributed by atoms with Gasteiger partial charge in [-0.2, -0.15) is 0 Å². The number of amides is 1. The minimum atomic E-state index is -1.28. The number of phenolic OH excluding ortho intramolecular Hbond substituents is 1. The van der Waals surface area contributed by atoms with Crippen LogP contribution in [0.15, 0.2) is 30.3 Å². The van der Waals surface area contributed by atoms with E-state index in [1.807, 2.05) is 25.1 Å². The topological polar surface area (TPSA) is 52.6 Å². The van der Waals surface area contributed by atoms with Gasteiger partial charge in [-0.1, -0.05) is 6.07 Å². The quantitative estimate of drug-likeness (QED) is 0.915. The highest BCUT2D eigenvalue weighted by Gasteiger charge is 2.21. The lowest BCUT2D eigenvalue weighted by Crippen LogP contribution is -2.18. The van der Waals surface area contributed by atoms with Gasteiger partial charge < -0.3 is 15.3 Å². The molecule has 0 aliphatic heterocycles. The van der Waals surface area contributed by atoms with Gasteiger partial charge in [0.25, 0.3) is 5.91 Å². The van der Waals surface area contributed by atoms with Crippen LogP contribution in [0.3, 0.4) is 0 Å². The van der Waals surface area contributed by atoms with Gasteiger partial charge in [0.15, 0.2) is 11.6 Å². The fourth-order valence-electron chi connectivity index (χ4n) is 2.18. The van der Waals surface area contributed by atoms with Crippen LogP contribution in [0, 0.1) is 18.6 Å². The van der Waals surface area contributed by atoms with Crippen molar-refractivity contribution in [2.45, 2.75) is 6.92 Å². The number of aromatic hydroxyl groups is 1. The molecule has 0 aromatic heterocycles. The summed E-state index contributed by atoms with van der Waals surface area (Å²) in [6, 6.07) is 6.93. The van der Waals surface area contributed by atoms with Crippen molar-refractivity contribution < 1.29 is 18.7 Å². The molecule has 4 nitrogen and oxygen atoms in total. The summed E-state index contributed by atoms with van der Waals surface area (Å²) in [6.07, 6.45) is 0. The van der Waals surface area contributed by atoms with E-state index in [0.29, 0.717) is 5.69 Å². The first-order valence-electron chi connectivity index (χ1n) is 6.58. The SMILES string of the molecule is Cc1c(NC(=O)c2c(F)ccc(O)c2F)cccc1N(C)C. The van der Waals surface area contributed by atoms with E-state index in [1.54, 1.807) is 19.1 Å². The van der Waals surface area contributed by atoms with Crippen LogP contribution >= 0.6 is 0 Å². The summed E-state index contributed by atoms with van der Waals surface area (Å²) < 4.78 is 27.4. The van der Waals surface area contributed by atoms with Crippen LogP contribution in [0.4, 0.5) is 20.2 Å². The summed E-state index contributed by atoms with van der Waals surface area (Å²) in [7, 11) is 3.70. The Balaban J connectivity index is 2.39. The summed E-state index contributed by atoms with van der Waals surface area (Å²) in [6.45, 7) is 1.79. The van der Waals surface area contributed by atoms with Crippen LogP contribution in [-0.2, 0) is 0 Å². The third-order valence-electron chi connectivity index (χ3n) is 3.33. The molecule has 2 aromatic rings. The second-order valence-electron chi connectivity index (χ2n) is 5.05. The summed E-state index contributed by atoms with van der Waals surface area (Å²) in [5, 5.41) is 11.8. The Labute approximate surface area is 127 Å². The van der Waals surface area contributed by atoms with Gasteiger partial charge in [0, 0.05) is 25.5 Å². The molecule has 0 saturated carbocycles. The van der Waals surface area contributed by atoms with Crippen LogP contribution in [0.1, 0.15) is 15.9 Å². The zero-order chi connectivity index (χ0) is 16.4. The van der Waals surface area contributed by atoms with Crippen LogP contribution < -0.4 is 10.2 Å². The lowest BCUT2D eigenvalue weighted by molar-refractivity contribution is 0.101. The predicted molar refractivity (Wildman–Crippen MR) is 81.5 cm³/mol. The third kappa shape index (κ3) is 2.86. The first-order valence-corrected chi connectivity index (χ1v) is 6.58. The van der Waals surface area contributed by atoms with Crippen LogP contribution in [-0.4, -0.2) is 25.1 Å². The number of hydrogen-bond donors (Lipinski definition) is 2. The van der Waals surface area contributed by atoms with Crippen molar-refractivity contribution in [3.8, 4) is 5.75 Å². The maximum Gasteiger partial charge on any atom is 0.261 e. The van der Waals surface area contributed by atoms with E-state index in [4.69, 9.17) is 0 Å². The lowest BCUT2D eigenvalue weighted by Gasteiger charge is -2.18. The van der Waals surface area contributed by atoms with E-state index in [2.05, 4.69) is 5.32 Å². The smallest absolute Gasteiger partial charge is 0.261 e. The number of benzene rings is 2.